The zero-order valence-electron chi connectivity index (χ0n) is 19.1. The first-order valence-corrected chi connectivity index (χ1v) is 13.4. The van der Waals surface area contributed by atoms with Gasteiger partial charge in [-0.15, -0.1) is 0 Å². The van der Waals surface area contributed by atoms with E-state index in [4.69, 9.17) is 9.62 Å². The molecule has 2 aliphatic rings. The Morgan fingerprint density at radius 1 is 1.15 bits per heavy atom. The average Bonchev–Trinajstić information content (AvgIpc) is 3.46. The number of rotatable bonds is 4. The highest BCUT2D eigenvalue weighted by atomic mass is 32.2. The van der Waals surface area contributed by atoms with Gasteiger partial charge in [0.25, 0.3) is 0 Å². The number of nitrogens with zero attached hydrogens (tertiary/aromatic N) is 2. The number of hydrogen-bond acceptors (Lipinski definition) is 5. The SMILES string of the molecule is C[C@@H]1c2oncc2C[C@]2(c3ccccc3)c3n[nH]c(-c4cccc(NS(C)(=O)=O)c4)c3CC[C@@H]12. The molecule has 0 bridgehead atoms. The minimum absolute atomic E-state index is 0.224. The van der Waals surface area contributed by atoms with Crippen molar-refractivity contribution in [3.63, 3.8) is 0 Å². The van der Waals surface area contributed by atoms with E-state index in [9.17, 15) is 8.42 Å². The third-order valence-corrected chi connectivity index (χ3v) is 8.14. The van der Waals surface area contributed by atoms with Crippen molar-refractivity contribution in [2.24, 2.45) is 5.92 Å². The Labute approximate surface area is 198 Å². The zero-order chi connectivity index (χ0) is 23.5. The topological polar surface area (TPSA) is 101 Å². The average molecular weight is 475 g/mol. The normalized spacial score (nSPS) is 23.6. The lowest BCUT2D eigenvalue weighted by atomic mass is 9.53. The maximum absolute atomic E-state index is 11.8. The van der Waals surface area contributed by atoms with Gasteiger partial charge in [0.15, 0.2) is 0 Å². The molecule has 8 heteroatoms. The van der Waals surface area contributed by atoms with Crippen molar-refractivity contribution in [2.45, 2.75) is 37.5 Å². The summed E-state index contributed by atoms with van der Waals surface area (Å²) >= 11 is 0. The molecule has 2 heterocycles. The quantitative estimate of drug-likeness (QED) is 0.449. The van der Waals surface area contributed by atoms with Crippen molar-refractivity contribution in [3.05, 3.63) is 88.9 Å². The van der Waals surface area contributed by atoms with Crippen molar-refractivity contribution >= 4 is 15.7 Å². The molecule has 7 nitrogen and oxygen atoms in total. The molecular formula is C26H26N4O3S. The number of fused-ring (bicyclic) bond motifs is 4. The van der Waals surface area contributed by atoms with Gasteiger partial charge in [0, 0.05) is 33.7 Å². The summed E-state index contributed by atoms with van der Waals surface area (Å²) in [5.74, 6) is 1.55. The fourth-order valence-corrected chi connectivity index (χ4v) is 6.79. The smallest absolute Gasteiger partial charge is 0.229 e. The molecule has 4 aromatic rings. The van der Waals surface area contributed by atoms with Crippen LogP contribution in [-0.2, 0) is 28.3 Å². The highest BCUT2D eigenvalue weighted by Crippen LogP contribution is 2.57. The minimum Gasteiger partial charge on any atom is -0.361 e. The molecule has 2 aromatic carbocycles. The van der Waals surface area contributed by atoms with Gasteiger partial charge in [0.05, 0.1) is 23.8 Å². The maximum atomic E-state index is 11.8. The fourth-order valence-electron chi connectivity index (χ4n) is 6.23. The highest BCUT2D eigenvalue weighted by molar-refractivity contribution is 7.92. The van der Waals surface area contributed by atoms with Crippen LogP contribution < -0.4 is 4.72 Å². The molecular weight excluding hydrogens is 448 g/mol. The van der Waals surface area contributed by atoms with Gasteiger partial charge in [-0.05, 0) is 42.9 Å². The molecule has 0 spiro atoms. The van der Waals surface area contributed by atoms with Crippen molar-refractivity contribution in [3.8, 4) is 11.3 Å². The lowest BCUT2D eigenvalue weighted by molar-refractivity contribution is 0.190. The number of hydrogen-bond donors (Lipinski definition) is 2. The van der Waals surface area contributed by atoms with Crippen LogP contribution in [0.3, 0.4) is 0 Å². The van der Waals surface area contributed by atoms with Crippen LogP contribution in [0.15, 0.2) is 65.3 Å². The van der Waals surface area contributed by atoms with Crippen molar-refractivity contribution in [1.29, 1.82) is 0 Å². The van der Waals surface area contributed by atoms with E-state index >= 15 is 0 Å². The summed E-state index contributed by atoms with van der Waals surface area (Å²) in [4.78, 5) is 0. The maximum Gasteiger partial charge on any atom is 0.229 e. The summed E-state index contributed by atoms with van der Waals surface area (Å²) < 4.78 is 31.8. The van der Waals surface area contributed by atoms with Crippen molar-refractivity contribution < 1.29 is 12.9 Å². The van der Waals surface area contributed by atoms with Crippen LogP contribution in [0.2, 0.25) is 0 Å². The van der Waals surface area contributed by atoms with Crippen LogP contribution in [-0.4, -0.2) is 30.0 Å². The van der Waals surface area contributed by atoms with E-state index in [2.05, 4.69) is 46.2 Å². The van der Waals surface area contributed by atoms with E-state index in [1.807, 2.05) is 30.5 Å². The predicted octanol–water partition coefficient (Wildman–Crippen LogP) is 4.64. The fraction of sp³-hybridized carbons (Fsp3) is 0.308. The Balaban J connectivity index is 1.53. The van der Waals surface area contributed by atoms with Gasteiger partial charge in [-0.1, -0.05) is 54.5 Å². The first-order chi connectivity index (χ1) is 16.4. The van der Waals surface area contributed by atoms with E-state index in [1.54, 1.807) is 6.07 Å². The molecule has 0 amide bonds. The van der Waals surface area contributed by atoms with Gasteiger partial charge in [-0.25, -0.2) is 8.42 Å². The number of anilines is 1. The number of aromatic nitrogens is 3. The van der Waals surface area contributed by atoms with Gasteiger partial charge >= 0.3 is 0 Å². The predicted molar refractivity (Wildman–Crippen MR) is 130 cm³/mol. The Bertz CT molecular complexity index is 1470. The summed E-state index contributed by atoms with van der Waals surface area (Å²) in [6.07, 6.45) is 5.69. The summed E-state index contributed by atoms with van der Waals surface area (Å²) in [5.41, 5.74) is 6.78. The molecule has 0 saturated carbocycles. The molecule has 0 radical (unpaired) electrons. The third-order valence-electron chi connectivity index (χ3n) is 7.53. The molecule has 6 rings (SSSR count). The molecule has 0 aliphatic heterocycles. The first-order valence-electron chi connectivity index (χ1n) is 11.5. The lowest BCUT2D eigenvalue weighted by Crippen LogP contribution is -2.47. The molecule has 0 saturated heterocycles. The van der Waals surface area contributed by atoms with Gasteiger partial charge < -0.3 is 4.52 Å². The van der Waals surface area contributed by atoms with Gasteiger partial charge in [-0.2, -0.15) is 5.10 Å². The number of benzene rings is 2. The van der Waals surface area contributed by atoms with E-state index in [0.717, 1.165) is 53.8 Å². The molecule has 3 atom stereocenters. The molecule has 174 valence electrons. The molecule has 2 aliphatic carbocycles. The molecule has 34 heavy (non-hydrogen) atoms. The number of aromatic amines is 1. The Morgan fingerprint density at radius 3 is 2.76 bits per heavy atom. The van der Waals surface area contributed by atoms with Crippen LogP contribution in [0.1, 0.15) is 47.4 Å². The number of sulfonamides is 1. The molecule has 2 N–H and O–H groups in total. The van der Waals surface area contributed by atoms with Crippen molar-refractivity contribution in [1.82, 2.24) is 15.4 Å². The van der Waals surface area contributed by atoms with E-state index in [1.165, 1.54) is 11.1 Å². The summed E-state index contributed by atoms with van der Waals surface area (Å²) in [7, 11) is -3.36. The van der Waals surface area contributed by atoms with Crippen LogP contribution in [0, 0.1) is 5.92 Å². The summed E-state index contributed by atoms with van der Waals surface area (Å²) in [6, 6.07) is 18.1. The van der Waals surface area contributed by atoms with E-state index in [-0.39, 0.29) is 11.3 Å². The first kappa shape index (κ1) is 21.2. The highest BCUT2D eigenvalue weighted by Gasteiger charge is 2.54. The minimum atomic E-state index is -3.36. The lowest BCUT2D eigenvalue weighted by Gasteiger charge is -2.48. The largest absolute Gasteiger partial charge is 0.361 e. The monoisotopic (exact) mass is 474 g/mol. The molecule has 2 aromatic heterocycles. The number of nitrogens with one attached hydrogen (secondary N) is 2. The van der Waals surface area contributed by atoms with Crippen LogP contribution in [0.5, 0.6) is 0 Å². The Kier molecular flexibility index (Phi) is 4.71. The second-order valence-corrected chi connectivity index (χ2v) is 11.3. The molecule has 0 fully saturated rings. The summed E-state index contributed by atoms with van der Waals surface area (Å²) in [6.45, 7) is 2.24. The van der Waals surface area contributed by atoms with Crippen molar-refractivity contribution in [2.75, 3.05) is 11.0 Å². The van der Waals surface area contributed by atoms with Crippen LogP contribution in [0.25, 0.3) is 11.3 Å². The second-order valence-electron chi connectivity index (χ2n) is 9.54. The van der Waals surface area contributed by atoms with Gasteiger partial charge in [0.2, 0.25) is 10.0 Å². The standard InChI is InChI=1S/C26H26N4O3S/c1-16-22-12-11-21-23(17-7-6-10-20(13-17)30-34(2,31)32)28-29-25(21)26(22,19-8-4-3-5-9-19)14-18-15-27-33-24(16)18/h3-10,13,15-16,22,30H,11-12,14H2,1-2H3,(H,28,29)/t16-,22-,26+/m0/s1. The number of H-pyrrole nitrogens is 1. The second kappa shape index (κ2) is 7.56. The van der Waals surface area contributed by atoms with Crippen LogP contribution in [0.4, 0.5) is 5.69 Å². The Hall–Kier alpha value is -3.39. The van der Waals surface area contributed by atoms with E-state index in [0.29, 0.717) is 11.6 Å². The van der Waals surface area contributed by atoms with Gasteiger partial charge in [0.1, 0.15) is 5.76 Å². The zero-order valence-corrected chi connectivity index (χ0v) is 19.9. The van der Waals surface area contributed by atoms with E-state index < -0.39 is 10.0 Å². The summed E-state index contributed by atoms with van der Waals surface area (Å²) in [5, 5.41) is 12.4. The van der Waals surface area contributed by atoms with Crippen LogP contribution >= 0.6 is 0 Å². The molecule has 0 unspecified atom stereocenters. The third kappa shape index (κ3) is 3.20. The van der Waals surface area contributed by atoms with Gasteiger partial charge in [-0.3, -0.25) is 9.82 Å². The Morgan fingerprint density at radius 2 is 1.97 bits per heavy atom.